The molecule has 0 saturated heterocycles. The fourth-order valence-electron chi connectivity index (χ4n) is 1.32. The fraction of sp³-hybridized carbons (Fsp3) is 0.167. The topological polar surface area (TPSA) is 44.2 Å². The van der Waals surface area contributed by atoms with E-state index < -0.39 is 0 Å². The highest BCUT2D eigenvalue weighted by Gasteiger charge is 2.06. The Bertz CT molecular complexity index is 491. The van der Waals surface area contributed by atoms with E-state index in [1.54, 1.807) is 32.7 Å². The molecule has 0 amide bonds. The van der Waals surface area contributed by atoms with Crippen molar-refractivity contribution in [1.82, 2.24) is 9.97 Å². The largest absolute Gasteiger partial charge is 0.493 e. The summed E-state index contributed by atoms with van der Waals surface area (Å²) in [7, 11) is 3.23. The molecule has 0 radical (unpaired) electrons. The first-order chi connectivity index (χ1) is 8.33. The van der Waals surface area contributed by atoms with E-state index in [2.05, 4.69) is 9.97 Å². The summed E-state index contributed by atoms with van der Waals surface area (Å²) < 4.78 is 10.4. The molecule has 1 aromatic carbocycles. The molecule has 0 spiro atoms. The number of aromatic nitrogens is 2. The first-order valence-electron chi connectivity index (χ1n) is 5.00. The number of hydrogen-bond acceptors (Lipinski definition) is 5. The normalized spacial score (nSPS) is 10.0. The maximum Gasteiger partial charge on any atom is 0.192 e. The first kappa shape index (κ1) is 11.7. The van der Waals surface area contributed by atoms with Crippen molar-refractivity contribution in [1.29, 1.82) is 0 Å². The molecule has 0 saturated carbocycles. The van der Waals surface area contributed by atoms with Gasteiger partial charge in [-0.2, -0.15) is 0 Å². The van der Waals surface area contributed by atoms with Gasteiger partial charge in [0.2, 0.25) is 0 Å². The summed E-state index contributed by atoms with van der Waals surface area (Å²) in [5.41, 5.74) is 0. The van der Waals surface area contributed by atoms with E-state index in [1.165, 1.54) is 11.8 Å². The van der Waals surface area contributed by atoms with E-state index >= 15 is 0 Å². The summed E-state index contributed by atoms with van der Waals surface area (Å²) in [6.07, 6.45) is 3.44. The number of hydrogen-bond donors (Lipinski definition) is 0. The van der Waals surface area contributed by atoms with Gasteiger partial charge in [-0.3, -0.25) is 0 Å². The van der Waals surface area contributed by atoms with Gasteiger partial charge in [-0.25, -0.2) is 9.97 Å². The second kappa shape index (κ2) is 5.54. The Labute approximate surface area is 104 Å². The van der Waals surface area contributed by atoms with Crippen molar-refractivity contribution in [2.45, 2.75) is 10.1 Å². The molecule has 2 aromatic rings. The lowest BCUT2D eigenvalue weighted by Gasteiger charge is -2.08. The summed E-state index contributed by atoms with van der Waals surface area (Å²) in [6.45, 7) is 0. The molecule has 5 heteroatoms. The van der Waals surface area contributed by atoms with Gasteiger partial charge in [-0.15, -0.1) is 0 Å². The van der Waals surface area contributed by atoms with Gasteiger partial charge in [0.1, 0.15) is 0 Å². The Morgan fingerprint density at radius 2 is 1.71 bits per heavy atom. The highest BCUT2D eigenvalue weighted by atomic mass is 32.2. The van der Waals surface area contributed by atoms with Crippen LogP contribution in [0.2, 0.25) is 0 Å². The number of methoxy groups -OCH3 is 2. The van der Waals surface area contributed by atoms with Gasteiger partial charge >= 0.3 is 0 Å². The van der Waals surface area contributed by atoms with Crippen LogP contribution in [0.5, 0.6) is 11.5 Å². The Morgan fingerprint density at radius 3 is 2.35 bits per heavy atom. The lowest BCUT2D eigenvalue weighted by molar-refractivity contribution is 0.354. The minimum Gasteiger partial charge on any atom is -0.493 e. The molecule has 2 rings (SSSR count). The quantitative estimate of drug-likeness (QED) is 0.778. The third-order valence-corrected chi connectivity index (χ3v) is 2.99. The van der Waals surface area contributed by atoms with E-state index in [4.69, 9.17) is 9.47 Å². The van der Waals surface area contributed by atoms with Crippen LogP contribution in [0, 0.1) is 0 Å². The predicted octanol–water partition coefficient (Wildman–Crippen LogP) is 2.65. The smallest absolute Gasteiger partial charge is 0.192 e. The van der Waals surface area contributed by atoms with Crippen LogP contribution in [0.25, 0.3) is 0 Å². The predicted molar refractivity (Wildman–Crippen MR) is 65.7 cm³/mol. The van der Waals surface area contributed by atoms with Gasteiger partial charge < -0.3 is 9.47 Å². The van der Waals surface area contributed by atoms with Crippen molar-refractivity contribution in [3.8, 4) is 11.5 Å². The molecule has 0 atom stereocenters. The van der Waals surface area contributed by atoms with Gasteiger partial charge in [0.15, 0.2) is 16.7 Å². The number of ether oxygens (including phenoxy) is 2. The molecule has 0 aliphatic rings. The van der Waals surface area contributed by atoms with Crippen LogP contribution in [-0.4, -0.2) is 24.2 Å². The van der Waals surface area contributed by atoms with E-state index in [0.29, 0.717) is 16.7 Å². The van der Waals surface area contributed by atoms with Crippen LogP contribution < -0.4 is 9.47 Å². The average molecular weight is 248 g/mol. The van der Waals surface area contributed by atoms with Gasteiger partial charge in [-0.05, 0) is 36.0 Å². The Balaban J connectivity index is 2.22. The van der Waals surface area contributed by atoms with Crippen molar-refractivity contribution in [3.05, 3.63) is 36.7 Å². The molecule has 0 aliphatic heterocycles. The summed E-state index contributed by atoms with van der Waals surface area (Å²) in [5.74, 6) is 1.42. The third-order valence-electron chi connectivity index (χ3n) is 2.11. The van der Waals surface area contributed by atoms with Gasteiger partial charge in [0.25, 0.3) is 0 Å². The zero-order chi connectivity index (χ0) is 12.1. The Kier molecular flexibility index (Phi) is 3.82. The molecule has 0 aliphatic carbocycles. The van der Waals surface area contributed by atoms with Crippen molar-refractivity contribution < 1.29 is 9.47 Å². The fourth-order valence-corrected chi connectivity index (χ4v) is 2.06. The maximum atomic E-state index is 5.24. The molecular formula is C12H12N2O2S. The second-order valence-electron chi connectivity index (χ2n) is 3.15. The zero-order valence-electron chi connectivity index (χ0n) is 9.58. The van der Waals surface area contributed by atoms with Crippen LogP contribution in [0.3, 0.4) is 0 Å². The van der Waals surface area contributed by atoms with Crippen LogP contribution in [0.1, 0.15) is 0 Å². The van der Waals surface area contributed by atoms with Crippen LogP contribution in [0.15, 0.2) is 46.7 Å². The molecule has 88 valence electrons. The summed E-state index contributed by atoms with van der Waals surface area (Å²) >= 11 is 1.48. The third kappa shape index (κ3) is 2.88. The molecule has 1 heterocycles. The van der Waals surface area contributed by atoms with E-state index in [-0.39, 0.29) is 0 Å². The van der Waals surface area contributed by atoms with Gasteiger partial charge in [0.05, 0.1) is 14.2 Å². The van der Waals surface area contributed by atoms with Crippen molar-refractivity contribution in [2.24, 2.45) is 0 Å². The molecule has 0 N–H and O–H groups in total. The maximum absolute atomic E-state index is 5.24. The monoisotopic (exact) mass is 248 g/mol. The SMILES string of the molecule is COc1ccc(Sc2ncccn2)cc1OC. The van der Waals surface area contributed by atoms with E-state index in [0.717, 1.165) is 4.90 Å². The number of nitrogens with zero attached hydrogens (tertiary/aromatic N) is 2. The van der Waals surface area contributed by atoms with Gasteiger partial charge in [-0.1, -0.05) is 0 Å². The zero-order valence-corrected chi connectivity index (χ0v) is 10.4. The first-order valence-corrected chi connectivity index (χ1v) is 5.82. The molecular weight excluding hydrogens is 236 g/mol. The lowest BCUT2D eigenvalue weighted by Crippen LogP contribution is -1.90. The molecule has 1 aromatic heterocycles. The highest BCUT2D eigenvalue weighted by Crippen LogP contribution is 2.33. The number of rotatable bonds is 4. The molecule has 0 bridgehead atoms. The molecule has 17 heavy (non-hydrogen) atoms. The van der Waals surface area contributed by atoms with Crippen molar-refractivity contribution in [2.75, 3.05) is 14.2 Å². The van der Waals surface area contributed by atoms with Crippen molar-refractivity contribution in [3.63, 3.8) is 0 Å². The van der Waals surface area contributed by atoms with Gasteiger partial charge in [0, 0.05) is 17.3 Å². The second-order valence-corrected chi connectivity index (χ2v) is 4.19. The highest BCUT2D eigenvalue weighted by molar-refractivity contribution is 7.99. The van der Waals surface area contributed by atoms with Crippen LogP contribution in [-0.2, 0) is 0 Å². The van der Waals surface area contributed by atoms with E-state index in [9.17, 15) is 0 Å². The summed E-state index contributed by atoms with van der Waals surface area (Å²) in [6, 6.07) is 7.50. The standard InChI is InChI=1S/C12H12N2O2S/c1-15-10-5-4-9(8-11(10)16-2)17-12-13-6-3-7-14-12/h3-8H,1-2H3. The Morgan fingerprint density at radius 1 is 1.00 bits per heavy atom. The molecule has 0 unspecified atom stereocenters. The molecule has 4 nitrogen and oxygen atoms in total. The van der Waals surface area contributed by atoms with Crippen LogP contribution >= 0.6 is 11.8 Å². The van der Waals surface area contributed by atoms with Crippen molar-refractivity contribution >= 4 is 11.8 Å². The summed E-state index contributed by atoms with van der Waals surface area (Å²) in [5, 5.41) is 0.708. The summed E-state index contributed by atoms with van der Waals surface area (Å²) in [4.78, 5) is 9.31. The Hall–Kier alpha value is -1.75. The lowest BCUT2D eigenvalue weighted by atomic mass is 10.3. The average Bonchev–Trinajstić information content (AvgIpc) is 2.40. The minimum atomic E-state index is 0.702. The number of benzene rings is 1. The van der Waals surface area contributed by atoms with Crippen LogP contribution in [0.4, 0.5) is 0 Å². The minimum absolute atomic E-state index is 0.702. The van der Waals surface area contributed by atoms with E-state index in [1.807, 2.05) is 18.2 Å². The molecule has 0 fully saturated rings.